The number of carboxylic acid groups (broad SMARTS) is 1. The molecule has 0 bridgehead atoms. The summed E-state index contributed by atoms with van der Waals surface area (Å²) in [4.78, 5) is 29.9. The molecule has 3 aromatic rings. The summed E-state index contributed by atoms with van der Waals surface area (Å²) in [7, 11) is 1.74. The van der Waals surface area contributed by atoms with Gasteiger partial charge in [-0.05, 0) is 53.9 Å². The smallest absolute Gasteiger partial charge is 0.407 e. The van der Waals surface area contributed by atoms with Crippen LogP contribution in [-0.4, -0.2) is 59.6 Å². The molecule has 1 atom stereocenters. The van der Waals surface area contributed by atoms with Crippen LogP contribution in [0, 0.1) is 5.82 Å². The van der Waals surface area contributed by atoms with E-state index in [-0.39, 0.29) is 17.8 Å². The number of halogens is 1. The van der Waals surface area contributed by atoms with E-state index >= 15 is 0 Å². The number of benzene rings is 3. The maximum atomic E-state index is 13.4. The average Bonchev–Trinajstić information content (AvgIpc) is 2.84. The Morgan fingerprint density at radius 2 is 1.68 bits per heavy atom. The number of carbonyl (C=O) groups is 2. The fourth-order valence-corrected chi connectivity index (χ4v) is 4.39. The molecule has 7 heteroatoms. The van der Waals surface area contributed by atoms with Gasteiger partial charge in [0.2, 0.25) is 0 Å². The first kappa shape index (κ1) is 23.4. The molecule has 176 valence electrons. The lowest BCUT2D eigenvalue weighted by Crippen LogP contribution is -2.53. The van der Waals surface area contributed by atoms with E-state index in [2.05, 4.69) is 4.90 Å². The van der Waals surface area contributed by atoms with Gasteiger partial charge in [0.15, 0.2) is 0 Å². The molecule has 3 aromatic carbocycles. The van der Waals surface area contributed by atoms with Crippen molar-refractivity contribution in [1.82, 2.24) is 9.80 Å². The van der Waals surface area contributed by atoms with Gasteiger partial charge < -0.3 is 14.9 Å². The predicted molar refractivity (Wildman–Crippen MR) is 130 cm³/mol. The first-order valence-corrected chi connectivity index (χ1v) is 11.3. The summed E-state index contributed by atoms with van der Waals surface area (Å²) in [6.07, 6.45) is -0.870. The second-order valence-corrected chi connectivity index (χ2v) is 8.64. The Hall–Kier alpha value is -3.71. The highest BCUT2D eigenvalue weighted by Crippen LogP contribution is 2.27. The van der Waals surface area contributed by atoms with Crippen molar-refractivity contribution in [2.75, 3.05) is 31.6 Å². The minimum absolute atomic E-state index is 0.0459. The largest absolute Gasteiger partial charge is 0.465 e. The zero-order valence-corrected chi connectivity index (χ0v) is 19.3. The molecule has 4 rings (SSSR count). The van der Waals surface area contributed by atoms with Crippen LogP contribution in [0.2, 0.25) is 0 Å². The van der Waals surface area contributed by atoms with Crippen molar-refractivity contribution in [1.29, 1.82) is 0 Å². The molecule has 0 aromatic heterocycles. The summed E-state index contributed by atoms with van der Waals surface area (Å²) in [5.74, 6) is -0.464. The number of rotatable bonds is 5. The highest BCUT2D eigenvalue weighted by Gasteiger charge is 2.27. The van der Waals surface area contributed by atoms with Gasteiger partial charge in [-0.15, -0.1) is 0 Å². The molecule has 0 saturated carbocycles. The van der Waals surface area contributed by atoms with Crippen LogP contribution in [0.3, 0.4) is 0 Å². The molecule has 1 saturated heterocycles. The Morgan fingerprint density at radius 3 is 2.32 bits per heavy atom. The van der Waals surface area contributed by atoms with Gasteiger partial charge in [0.1, 0.15) is 5.82 Å². The van der Waals surface area contributed by atoms with Crippen LogP contribution in [0.4, 0.5) is 14.9 Å². The minimum atomic E-state index is -0.870. The van der Waals surface area contributed by atoms with Crippen LogP contribution in [0.15, 0.2) is 72.8 Å². The van der Waals surface area contributed by atoms with Crippen molar-refractivity contribution < 1.29 is 19.1 Å². The highest BCUT2D eigenvalue weighted by atomic mass is 19.1. The topological polar surface area (TPSA) is 64.1 Å². The Kier molecular flexibility index (Phi) is 6.93. The summed E-state index contributed by atoms with van der Waals surface area (Å²) < 4.78 is 13.4. The van der Waals surface area contributed by atoms with Crippen LogP contribution < -0.4 is 4.90 Å². The molecule has 1 N–H and O–H groups in total. The van der Waals surface area contributed by atoms with Crippen molar-refractivity contribution in [3.8, 4) is 11.1 Å². The van der Waals surface area contributed by atoms with E-state index in [1.165, 1.54) is 17.0 Å². The van der Waals surface area contributed by atoms with Crippen LogP contribution in [0.25, 0.3) is 11.1 Å². The molecular weight excluding hydrogens is 433 g/mol. The minimum Gasteiger partial charge on any atom is -0.465 e. The summed E-state index contributed by atoms with van der Waals surface area (Å²) in [5.41, 5.74) is 3.96. The van der Waals surface area contributed by atoms with E-state index in [1.54, 1.807) is 30.1 Å². The zero-order valence-electron chi connectivity index (χ0n) is 19.3. The third-order valence-corrected chi connectivity index (χ3v) is 6.30. The molecule has 1 fully saturated rings. The fourth-order valence-electron chi connectivity index (χ4n) is 4.39. The van der Waals surface area contributed by atoms with E-state index in [0.29, 0.717) is 25.2 Å². The summed E-state index contributed by atoms with van der Waals surface area (Å²) in [6.45, 7) is 4.53. The van der Waals surface area contributed by atoms with Crippen LogP contribution in [-0.2, 0) is 6.54 Å². The van der Waals surface area contributed by atoms with Gasteiger partial charge in [-0.2, -0.15) is 0 Å². The molecule has 34 heavy (non-hydrogen) atoms. The van der Waals surface area contributed by atoms with Crippen LogP contribution in [0.1, 0.15) is 22.8 Å². The molecule has 0 spiro atoms. The van der Waals surface area contributed by atoms with Crippen molar-refractivity contribution in [3.63, 3.8) is 0 Å². The summed E-state index contributed by atoms with van der Waals surface area (Å²) in [5, 5.41) is 9.25. The van der Waals surface area contributed by atoms with Crippen LogP contribution >= 0.6 is 0 Å². The Labute approximate surface area is 198 Å². The molecule has 0 aliphatic carbocycles. The normalized spacial score (nSPS) is 16.3. The number of hydrogen-bond acceptors (Lipinski definition) is 3. The van der Waals surface area contributed by atoms with Gasteiger partial charge in [0.25, 0.3) is 5.91 Å². The molecule has 6 nitrogen and oxygen atoms in total. The van der Waals surface area contributed by atoms with Crippen molar-refractivity contribution in [3.05, 3.63) is 89.7 Å². The number of anilines is 1. The van der Waals surface area contributed by atoms with E-state index in [9.17, 15) is 19.1 Å². The van der Waals surface area contributed by atoms with Crippen molar-refractivity contribution in [2.45, 2.75) is 19.5 Å². The summed E-state index contributed by atoms with van der Waals surface area (Å²) in [6, 6.07) is 21.3. The van der Waals surface area contributed by atoms with Gasteiger partial charge >= 0.3 is 6.09 Å². The highest BCUT2D eigenvalue weighted by molar-refractivity contribution is 6.09. The second kappa shape index (κ2) is 10.1. The molecule has 0 unspecified atom stereocenters. The molecule has 1 aliphatic heterocycles. The van der Waals surface area contributed by atoms with E-state index < -0.39 is 6.09 Å². The maximum absolute atomic E-state index is 13.4. The monoisotopic (exact) mass is 461 g/mol. The number of hydrogen-bond donors (Lipinski definition) is 1. The number of nitrogens with zero attached hydrogens (tertiary/aromatic N) is 3. The van der Waals surface area contributed by atoms with Gasteiger partial charge in [-0.25, -0.2) is 9.18 Å². The number of piperazine rings is 1. The van der Waals surface area contributed by atoms with Crippen LogP contribution in [0.5, 0.6) is 0 Å². The van der Waals surface area contributed by atoms with Gasteiger partial charge in [-0.1, -0.05) is 42.5 Å². The van der Waals surface area contributed by atoms with Gasteiger partial charge in [-0.3, -0.25) is 9.69 Å². The fraction of sp³-hybridized carbons (Fsp3) is 0.259. The second-order valence-electron chi connectivity index (χ2n) is 8.64. The zero-order chi connectivity index (χ0) is 24.2. The Balaban J connectivity index is 1.45. The maximum Gasteiger partial charge on any atom is 0.407 e. The summed E-state index contributed by atoms with van der Waals surface area (Å²) >= 11 is 0. The molecular formula is C27H28FN3O3. The Morgan fingerprint density at radius 1 is 1.00 bits per heavy atom. The number of carbonyl (C=O) groups excluding carboxylic acids is 1. The lowest BCUT2D eigenvalue weighted by molar-refractivity contribution is 0.0711. The quantitative estimate of drug-likeness (QED) is 0.584. The SMILES string of the molecule is C[C@H]1CN(Cc2ccc(N(C)C(=O)c3ccccc3-c3ccc(F)cc3)cc2)CCN1C(=O)O. The third-order valence-electron chi connectivity index (χ3n) is 6.30. The average molecular weight is 462 g/mol. The predicted octanol–water partition coefficient (Wildman–Crippen LogP) is 4.95. The van der Waals surface area contributed by atoms with Gasteiger partial charge in [0, 0.05) is 50.5 Å². The Bertz CT molecular complexity index is 1160. The first-order valence-electron chi connectivity index (χ1n) is 11.3. The first-order chi connectivity index (χ1) is 16.3. The van der Waals surface area contributed by atoms with E-state index in [4.69, 9.17) is 0 Å². The lowest BCUT2D eigenvalue weighted by Gasteiger charge is -2.38. The number of amides is 2. The van der Waals surface area contributed by atoms with Crippen molar-refractivity contribution >= 4 is 17.7 Å². The van der Waals surface area contributed by atoms with E-state index in [0.717, 1.165) is 28.9 Å². The van der Waals surface area contributed by atoms with Crippen molar-refractivity contribution in [2.24, 2.45) is 0 Å². The molecule has 2 amide bonds. The van der Waals surface area contributed by atoms with E-state index in [1.807, 2.05) is 49.4 Å². The lowest BCUT2D eigenvalue weighted by atomic mass is 9.98. The third kappa shape index (κ3) is 5.10. The molecule has 1 heterocycles. The molecule has 0 radical (unpaired) electrons. The molecule has 1 aliphatic rings. The standard InChI is InChI=1S/C27H28FN3O3/c1-19-17-30(15-16-31(19)27(33)34)18-20-7-13-23(14-8-20)29(2)26(32)25-6-4-3-5-24(25)21-9-11-22(28)12-10-21/h3-14,19H,15-18H2,1-2H3,(H,33,34)/t19-/m0/s1. The van der Waals surface area contributed by atoms with Gasteiger partial charge in [0.05, 0.1) is 0 Å².